The fourth-order valence-electron chi connectivity index (χ4n) is 8.53. The van der Waals surface area contributed by atoms with Crippen LogP contribution in [-0.4, -0.2) is 0 Å². The first-order valence-electron chi connectivity index (χ1n) is 20.1. The van der Waals surface area contributed by atoms with E-state index in [0.29, 0.717) is 0 Å². The molecule has 11 rings (SSSR count). The standard InChI is InChI=1S/C56H38N2O/c1-3-12-39(13-4-1)40-24-27-46(28-25-40)58(49-29-26-42-36-44(23-22-43(42)37-49)52-20-11-15-41-14-7-8-18-51(41)52)48-32-30-47(31-33-48)57(45-16-5-2-6-17-45)50-34-35-54-53-19-9-10-21-55(53)59-56(54)38-50/h1-38H. The van der Waals surface area contributed by atoms with Gasteiger partial charge >= 0.3 is 0 Å². The highest BCUT2D eigenvalue weighted by Gasteiger charge is 2.18. The largest absolute Gasteiger partial charge is 0.456 e. The Hall–Kier alpha value is -7.88. The molecule has 0 saturated heterocycles. The Morgan fingerprint density at radius 3 is 1.51 bits per heavy atom. The predicted octanol–water partition coefficient (Wildman–Crippen LogP) is 16.2. The lowest BCUT2D eigenvalue weighted by Crippen LogP contribution is -2.12. The summed E-state index contributed by atoms with van der Waals surface area (Å²) in [7, 11) is 0. The summed E-state index contributed by atoms with van der Waals surface area (Å²) in [6, 6.07) is 82.4. The first kappa shape index (κ1) is 34.4. The summed E-state index contributed by atoms with van der Waals surface area (Å²) in [5, 5.41) is 7.14. The Morgan fingerprint density at radius 1 is 0.254 bits per heavy atom. The van der Waals surface area contributed by atoms with Gasteiger partial charge in [0.15, 0.2) is 0 Å². The van der Waals surface area contributed by atoms with Gasteiger partial charge in [0, 0.05) is 51.0 Å². The van der Waals surface area contributed by atoms with Crippen molar-refractivity contribution in [3.05, 3.63) is 231 Å². The molecule has 0 N–H and O–H groups in total. The van der Waals surface area contributed by atoms with Crippen molar-refractivity contribution in [2.24, 2.45) is 0 Å². The van der Waals surface area contributed by atoms with E-state index in [1.807, 2.05) is 12.1 Å². The van der Waals surface area contributed by atoms with Gasteiger partial charge in [-0.25, -0.2) is 0 Å². The minimum absolute atomic E-state index is 0.868. The van der Waals surface area contributed by atoms with Crippen LogP contribution in [0.2, 0.25) is 0 Å². The van der Waals surface area contributed by atoms with Crippen LogP contribution in [0.25, 0.3) is 65.7 Å². The molecule has 0 amide bonds. The van der Waals surface area contributed by atoms with Crippen molar-refractivity contribution in [2.75, 3.05) is 9.80 Å². The summed E-state index contributed by atoms with van der Waals surface area (Å²) in [6.07, 6.45) is 0. The molecule has 1 aromatic heterocycles. The van der Waals surface area contributed by atoms with Gasteiger partial charge in [0.1, 0.15) is 11.2 Å². The van der Waals surface area contributed by atoms with Gasteiger partial charge in [0.05, 0.1) is 0 Å². The Morgan fingerprint density at radius 2 is 0.746 bits per heavy atom. The van der Waals surface area contributed by atoms with E-state index in [9.17, 15) is 0 Å². The van der Waals surface area contributed by atoms with Gasteiger partial charge in [-0.3, -0.25) is 0 Å². The maximum absolute atomic E-state index is 6.34. The van der Waals surface area contributed by atoms with Crippen molar-refractivity contribution < 1.29 is 4.42 Å². The summed E-state index contributed by atoms with van der Waals surface area (Å²) in [5.74, 6) is 0. The maximum Gasteiger partial charge on any atom is 0.137 e. The van der Waals surface area contributed by atoms with Crippen molar-refractivity contribution in [2.45, 2.75) is 0 Å². The number of para-hydroxylation sites is 2. The first-order chi connectivity index (χ1) is 29.2. The predicted molar refractivity (Wildman–Crippen MR) is 249 cm³/mol. The summed E-state index contributed by atoms with van der Waals surface area (Å²) in [6.45, 7) is 0. The van der Waals surface area contributed by atoms with Crippen LogP contribution in [0.3, 0.4) is 0 Å². The second kappa shape index (κ2) is 14.6. The van der Waals surface area contributed by atoms with Crippen molar-refractivity contribution in [1.29, 1.82) is 0 Å². The number of hydrogen-bond acceptors (Lipinski definition) is 3. The van der Waals surface area contributed by atoms with E-state index in [1.165, 1.54) is 43.8 Å². The van der Waals surface area contributed by atoms with E-state index in [1.54, 1.807) is 0 Å². The molecular weight excluding hydrogens is 717 g/mol. The minimum atomic E-state index is 0.868. The topological polar surface area (TPSA) is 19.6 Å². The van der Waals surface area contributed by atoms with Crippen LogP contribution < -0.4 is 9.80 Å². The molecule has 0 aliphatic carbocycles. The second-order valence-electron chi connectivity index (χ2n) is 15.0. The highest BCUT2D eigenvalue weighted by molar-refractivity contribution is 6.06. The molecule has 0 fully saturated rings. The van der Waals surface area contributed by atoms with Gasteiger partial charge in [-0.2, -0.15) is 0 Å². The highest BCUT2D eigenvalue weighted by Crippen LogP contribution is 2.42. The van der Waals surface area contributed by atoms with Gasteiger partial charge in [0.2, 0.25) is 0 Å². The molecule has 3 nitrogen and oxygen atoms in total. The van der Waals surface area contributed by atoms with Gasteiger partial charge in [-0.05, 0) is 129 Å². The first-order valence-corrected chi connectivity index (χ1v) is 20.1. The number of furan rings is 1. The third kappa shape index (κ3) is 6.36. The van der Waals surface area contributed by atoms with Crippen molar-refractivity contribution in [3.63, 3.8) is 0 Å². The normalized spacial score (nSPS) is 11.4. The molecule has 0 bridgehead atoms. The van der Waals surface area contributed by atoms with Crippen LogP contribution in [0.5, 0.6) is 0 Å². The summed E-state index contributed by atoms with van der Waals surface area (Å²) >= 11 is 0. The zero-order valence-corrected chi connectivity index (χ0v) is 32.2. The Kier molecular flexibility index (Phi) is 8.49. The molecule has 0 aliphatic rings. The van der Waals surface area contributed by atoms with Crippen LogP contribution >= 0.6 is 0 Å². The maximum atomic E-state index is 6.34. The van der Waals surface area contributed by atoms with Crippen molar-refractivity contribution in [3.8, 4) is 22.3 Å². The fourth-order valence-corrected chi connectivity index (χ4v) is 8.53. The van der Waals surface area contributed by atoms with Gasteiger partial charge in [0.25, 0.3) is 0 Å². The zero-order chi connectivity index (χ0) is 39.1. The third-order valence-electron chi connectivity index (χ3n) is 11.4. The zero-order valence-electron chi connectivity index (χ0n) is 32.2. The molecule has 0 aliphatic heterocycles. The van der Waals surface area contributed by atoms with E-state index < -0.39 is 0 Å². The summed E-state index contributed by atoms with van der Waals surface area (Å²) in [4.78, 5) is 4.64. The Balaban J connectivity index is 1.000. The van der Waals surface area contributed by atoms with E-state index in [-0.39, 0.29) is 0 Å². The molecule has 278 valence electrons. The molecule has 0 spiro atoms. The van der Waals surface area contributed by atoms with Gasteiger partial charge in [-0.15, -0.1) is 0 Å². The average Bonchev–Trinajstić information content (AvgIpc) is 3.68. The van der Waals surface area contributed by atoms with Crippen molar-refractivity contribution in [1.82, 2.24) is 0 Å². The lowest BCUT2D eigenvalue weighted by molar-refractivity contribution is 0.669. The van der Waals surface area contributed by atoms with Crippen LogP contribution in [0.4, 0.5) is 34.1 Å². The smallest absolute Gasteiger partial charge is 0.137 e. The van der Waals surface area contributed by atoms with E-state index in [2.05, 4.69) is 228 Å². The molecule has 59 heavy (non-hydrogen) atoms. The SMILES string of the molecule is c1ccc(-c2ccc(N(c3ccc(N(c4ccccc4)c4ccc5c(c4)oc4ccccc45)cc3)c3ccc4cc(-c5cccc6ccccc56)ccc4c3)cc2)cc1. The molecule has 1 heterocycles. The van der Waals surface area contributed by atoms with Gasteiger partial charge < -0.3 is 14.2 Å². The van der Waals surface area contributed by atoms with Crippen molar-refractivity contribution >= 4 is 77.6 Å². The van der Waals surface area contributed by atoms with Crippen LogP contribution in [0, 0.1) is 0 Å². The molecular formula is C56H38N2O. The molecule has 0 unspecified atom stereocenters. The Bertz CT molecular complexity index is 3260. The fraction of sp³-hybridized carbons (Fsp3) is 0. The number of fused-ring (bicyclic) bond motifs is 5. The minimum Gasteiger partial charge on any atom is -0.456 e. The number of anilines is 6. The number of hydrogen-bond donors (Lipinski definition) is 0. The highest BCUT2D eigenvalue weighted by atomic mass is 16.3. The quantitative estimate of drug-likeness (QED) is 0.154. The molecule has 11 aromatic rings. The molecule has 0 saturated carbocycles. The van der Waals surface area contributed by atoms with Crippen LogP contribution in [-0.2, 0) is 0 Å². The molecule has 10 aromatic carbocycles. The van der Waals surface area contributed by atoms with Gasteiger partial charge in [-0.1, -0.05) is 140 Å². The van der Waals surface area contributed by atoms with E-state index in [4.69, 9.17) is 4.42 Å². The number of nitrogens with zero attached hydrogens (tertiary/aromatic N) is 2. The average molecular weight is 755 g/mol. The molecule has 3 heteroatoms. The molecule has 0 radical (unpaired) electrons. The third-order valence-corrected chi connectivity index (χ3v) is 11.4. The van der Waals surface area contributed by atoms with E-state index in [0.717, 1.165) is 56.1 Å². The van der Waals surface area contributed by atoms with Crippen LogP contribution in [0.1, 0.15) is 0 Å². The molecule has 0 atom stereocenters. The number of rotatable bonds is 8. The lowest BCUT2D eigenvalue weighted by Gasteiger charge is -2.28. The second-order valence-corrected chi connectivity index (χ2v) is 15.0. The monoisotopic (exact) mass is 754 g/mol. The summed E-state index contributed by atoms with van der Waals surface area (Å²) < 4.78 is 6.34. The number of benzene rings is 10. The summed E-state index contributed by atoms with van der Waals surface area (Å²) in [5.41, 5.74) is 13.0. The lowest BCUT2D eigenvalue weighted by atomic mass is 9.96. The Labute approximate surface area is 343 Å². The van der Waals surface area contributed by atoms with Crippen LogP contribution in [0.15, 0.2) is 235 Å². The van der Waals surface area contributed by atoms with E-state index >= 15 is 0 Å².